The van der Waals surface area contributed by atoms with E-state index in [1.165, 1.54) is 6.07 Å². The van der Waals surface area contributed by atoms with Crippen LogP contribution in [0, 0.1) is 19.8 Å². The molecule has 1 heterocycles. The summed E-state index contributed by atoms with van der Waals surface area (Å²) in [4.78, 5) is 27.0. The highest BCUT2D eigenvalue weighted by atomic mass is 32.2. The van der Waals surface area contributed by atoms with Crippen molar-refractivity contribution in [1.29, 1.82) is 0 Å². The van der Waals surface area contributed by atoms with E-state index in [4.69, 9.17) is 4.74 Å². The number of hydrogen-bond acceptors (Lipinski definition) is 6. The monoisotopic (exact) mass is 452 g/mol. The maximum absolute atomic E-state index is 13.2. The van der Waals surface area contributed by atoms with Gasteiger partial charge in [-0.2, -0.15) is 4.31 Å². The van der Waals surface area contributed by atoms with Gasteiger partial charge in [-0.3, -0.25) is 9.59 Å². The maximum atomic E-state index is 13.2. The van der Waals surface area contributed by atoms with E-state index in [1.807, 2.05) is 20.8 Å². The van der Waals surface area contributed by atoms with Gasteiger partial charge in [0.1, 0.15) is 6.04 Å². The summed E-state index contributed by atoms with van der Waals surface area (Å²) in [6, 6.07) is 3.61. The molecule has 31 heavy (non-hydrogen) atoms. The van der Waals surface area contributed by atoms with Gasteiger partial charge in [0.2, 0.25) is 10.0 Å². The second kappa shape index (κ2) is 9.67. The molecule has 1 amide bonds. The largest absolute Gasteiger partial charge is 0.454 e. The van der Waals surface area contributed by atoms with Crippen LogP contribution in [0.25, 0.3) is 0 Å². The van der Waals surface area contributed by atoms with Crippen molar-refractivity contribution < 1.29 is 27.9 Å². The molecule has 0 radical (unpaired) electrons. The quantitative estimate of drug-likeness (QED) is 0.571. The molecule has 2 fully saturated rings. The van der Waals surface area contributed by atoms with Gasteiger partial charge in [0.25, 0.3) is 5.91 Å². The average molecular weight is 453 g/mol. The summed E-state index contributed by atoms with van der Waals surface area (Å²) >= 11 is 0. The lowest BCUT2D eigenvalue weighted by Gasteiger charge is -2.24. The van der Waals surface area contributed by atoms with E-state index in [0.29, 0.717) is 19.0 Å². The first-order valence-corrected chi connectivity index (χ1v) is 12.3. The molecule has 3 rings (SSSR count). The number of aliphatic hydroxyl groups excluding tert-OH is 1. The number of β-amino-alcohol motifs (C(OH)–C–C–N with tert-alkyl or cyclic N) is 1. The third kappa shape index (κ3) is 5.64. The van der Waals surface area contributed by atoms with E-state index in [-0.39, 0.29) is 23.8 Å². The van der Waals surface area contributed by atoms with Gasteiger partial charge in [0, 0.05) is 26.1 Å². The Balaban J connectivity index is 1.68. The number of carbonyl (C=O) groups excluding carboxylic acids is 2. The molecule has 1 saturated heterocycles. The lowest BCUT2D eigenvalue weighted by molar-refractivity contribution is -0.154. The molecule has 0 bridgehead atoms. The van der Waals surface area contributed by atoms with Crippen LogP contribution in [0.2, 0.25) is 0 Å². The fraction of sp³-hybridized carbons (Fsp3) is 0.636. The Hall–Kier alpha value is -1.97. The van der Waals surface area contributed by atoms with Crippen molar-refractivity contribution in [3.8, 4) is 0 Å². The number of aliphatic hydroxyl groups is 1. The van der Waals surface area contributed by atoms with Crippen molar-refractivity contribution in [2.45, 2.75) is 63.5 Å². The first-order chi connectivity index (χ1) is 14.6. The summed E-state index contributed by atoms with van der Waals surface area (Å²) in [6.45, 7) is 6.33. The molecule has 1 saturated carbocycles. The number of ether oxygens (including phenoxy) is 1. The molecular formula is C22H32N2O6S. The minimum absolute atomic E-state index is 0.0577. The molecule has 1 aromatic rings. The number of aryl methyl sites for hydroxylation is 2. The van der Waals surface area contributed by atoms with Crippen LogP contribution in [-0.2, 0) is 24.3 Å². The van der Waals surface area contributed by atoms with E-state index in [2.05, 4.69) is 0 Å². The topological polar surface area (TPSA) is 104 Å². The fourth-order valence-electron chi connectivity index (χ4n) is 3.79. The molecule has 1 aliphatic carbocycles. The third-order valence-electron chi connectivity index (χ3n) is 5.95. The minimum Gasteiger partial charge on any atom is -0.454 e. The van der Waals surface area contributed by atoms with Gasteiger partial charge in [0.05, 0.1) is 11.0 Å². The molecule has 2 aliphatic rings. The first kappa shape index (κ1) is 23.7. The molecule has 1 aromatic carbocycles. The number of hydrogen-bond donors (Lipinski definition) is 1. The van der Waals surface area contributed by atoms with Crippen molar-refractivity contribution in [2.75, 3.05) is 26.2 Å². The molecule has 9 heteroatoms. The summed E-state index contributed by atoms with van der Waals surface area (Å²) in [5, 5.41) is 10.1. The molecule has 2 atom stereocenters. The standard InChI is InChI=1S/C22H32N2O6S/c1-4-9-23(12-17-6-7-17)21(26)14-30-22(27)20-11-18(25)13-24(20)31(28,29)19-8-5-15(2)16(3)10-19/h5,8,10,17-18,20,25H,4,6-7,9,11-14H2,1-3H3/t18-,20-/m1/s1. The lowest BCUT2D eigenvalue weighted by atomic mass is 10.1. The second-order valence-corrected chi connectivity index (χ2v) is 10.5. The normalized spacial score (nSPS) is 21.8. The van der Waals surface area contributed by atoms with Crippen LogP contribution >= 0.6 is 0 Å². The fourth-order valence-corrected chi connectivity index (χ4v) is 5.51. The van der Waals surface area contributed by atoms with Crippen LogP contribution in [0.5, 0.6) is 0 Å². The van der Waals surface area contributed by atoms with E-state index in [1.54, 1.807) is 17.0 Å². The van der Waals surface area contributed by atoms with Crippen molar-refractivity contribution in [3.05, 3.63) is 29.3 Å². The molecule has 1 N–H and O–H groups in total. The smallest absolute Gasteiger partial charge is 0.325 e. The van der Waals surface area contributed by atoms with Gasteiger partial charge in [-0.05, 0) is 62.3 Å². The number of amides is 1. The number of benzene rings is 1. The highest BCUT2D eigenvalue weighted by Gasteiger charge is 2.44. The third-order valence-corrected chi connectivity index (χ3v) is 7.82. The highest BCUT2D eigenvalue weighted by molar-refractivity contribution is 7.89. The van der Waals surface area contributed by atoms with E-state index >= 15 is 0 Å². The van der Waals surface area contributed by atoms with Gasteiger partial charge < -0.3 is 14.7 Å². The minimum atomic E-state index is -4.00. The zero-order valence-electron chi connectivity index (χ0n) is 18.4. The number of nitrogens with zero attached hydrogens (tertiary/aromatic N) is 2. The van der Waals surface area contributed by atoms with Crippen molar-refractivity contribution in [3.63, 3.8) is 0 Å². The van der Waals surface area contributed by atoms with Crippen LogP contribution in [0.15, 0.2) is 23.1 Å². The van der Waals surface area contributed by atoms with Gasteiger partial charge in [-0.1, -0.05) is 13.0 Å². The second-order valence-electron chi connectivity index (χ2n) is 8.62. The van der Waals surface area contributed by atoms with Crippen LogP contribution in [0.3, 0.4) is 0 Å². The number of rotatable bonds is 9. The van der Waals surface area contributed by atoms with Gasteiger partial charge in [-0.15, -0.1) is 0 Å². The van der Waals surface area contributed by atoms with Crippen LogP contribution in [0.4, 0.5) is 0 Å². The molecule has 1 aliphatic heterocycles. The van der Waals surface area contributed by atoms with E-state index in [0.717, 1.165) is 34.7 Å². The summed E-state index contributed by atoms with van der Waals surface area (Å²) < 4.78 is 32.5. The summed E-state index contributed by atoms with van der Waals surface area (Å²) in [5.41, 5.74) is 1.77. The summed E-state index contributed by atoms with van der Waals surface area (Å²) in [6.07, 6.45) is 2.00. The van der Waals surface area contributed by atoms with Gasteiger partial charge in [-0.25, -0.2) is 8.42 Å². The lowest BCUT2D eigenvalue weighted by Crippen LogP contribution is -2.43. The zero-order valence-corrected chi connectivity index (χ0v) is 19.2. The summed E-state index contributed by atoms with van der Waals surface area (Å²) in [7, 11) is -4.00. The highest BCUT2D eigenvalue weighted by Crippen LogP contribution is 2.30. The molecular weight excluding hydrogens is 420 g/mol. The Labute approximate surface area is 184 Å². The van der Waals surface area contributed by atoms with E-state index in [9.17, 15) is 23.1 Å². The predicted molar refractivity (Wildman–Crippen MR) is 115 cm³/mol. The Morgan fingerprint density at radius 2 is 1.94 bits per heavy atom. The molecule has 8 nitrogen and oxygen atoms in total. The molecule has 172 valence electrons. The number of esters is 1. The SMILES string of the molecule is CCCN(CC1CC1)C(=O)COC(=O)[C@H]1C[C@@H](O)CN1S(=O)(=O)c1ccc(C)c(C)c1. The van der Waals surface area contributed by atoms with Crippen LogP contribution in [-0.4, -0.2) is 73.0 Å². The number of carbonyl (C=O) groups is 2. The Kier molecular flexibility index (Phi) is 7.39. The van der Waals surface area contributed by atoms with Crippen LogP contribution < -0.4 is 0 Å². The Morgan fingerprint density at radius 3 is 2.55 bits per heavy atom. The Morgan fingerprint density at radius 1 is 1.23 bits per heavy atom. The maximum Gasteiger partial charge on any atom is 0.325 e. The van der Waals surface area contributed by atoms with Crippen molar-refractivity contribution >= 4 is 21.9 Å². The van der Waals surface area contributed by atoms with E-state index < -0.39 is 34.7 Å². The predicted octanol–water partition coefficient (Wildman–Crippen LogP) is 1.62. The van der Waals surface area contributed by atoms with Gasteiger partial charge in [0.15, 0.2) is 6.61 Å². The molecule has 0 unspecified atom stereocenters. The zero-order chi connectivity index (χ0) is 22.8. The van der Waals surface area contributed by atoms with Gasteiger partial charge >= 0.3 is 5.97 Å². The van der Waals surface area contributed by atoms with Crippen molar-refractivity contribution in [2.24, 2.45) is 5.92 Å². The van der Waals surface area contributed by atoms with Crippen LogP contribution in [0.1, 0.15) is 43.7 Å². The molecule has 0 aromatic heterocycles. The van der Waals surface area contributed by atoms with Crippen molar-refractivity contribution in [1.82, 2.24) is 9.21 Å². The Bertz CT molecular complexity index is 928. The summed E-state index contributed by atoms with van der Waals surface area (Å²) in [5.74, 6) is -0.556. The molecule has 0 spiro atoms. The number of sulfonamides is 1. The average Bonchev–Trinajstić information content (AvgIpc) is 3.45. The first-order valence-electron chi connectivity index (χ1n) is 10.8.